The molecular weight excluding hydrogens is 1270 g/mol. The van der Waals surface area contributed by atoms with Crippen LogP contribution in [-0.4, -0.2) is 159 Å². The summed E-state index contributed by atoms with van der Waals surface area (Å²) in [6, 6.07) is 25.2. The summed E-state index contributed by atoms with van der Waals surface area (Å²) in [5.74, 6) is 3.65. The van der Waals surface area contributed by atoms with Gasteiger partial charge < -0.3 is 75.4 Å². The van der Waals surface area contributed by atoms with Crippen molar-refractivity contribution >= 4 is 76.1 Å². The molecule has 0 bridgehead atoms. The number of benzene rings is 5. The number of rotatable bonds is 25. The van der Waals surface area contributed by atoms with E-state index in [-0.39, 0.29) is 84.5 Å². The summed E-state index contributed by atoms with van der Waals surface area (Å²) in [4.78, 5) is 128. The Labute approximate surface area is 574 Å². The molecule has 7 aliphatic rings. The van der Waals surface area contributed by atoms with Gasteiger partial charge in [0.15, 0.2) is 29.2 Å². The SMILES string of the molecule is COc1cc2c(cc1OCCCCCOc1cc3c(cc1OC)C(=O)N1CC4(CC4)C[C@H]1[C@H](O)N3C(=O)OCc1ccc(NC(=O)[C@H](C)NC(=O)[C@@H](NC(=O)CNC(=O)CNC(=O)CCC(=O)N3Cc4ccccc4C#Cc4ccccc43)C(C)C)cc1)NC[C@@H]1CC3(CC3)CN1C2=O. The number of aliphatic hydroxyl groups excluding tert-OH is 1. The van der Waals surface area contributed by atoms with Crippen molar-refractivity contribution in [2.45, 2.75) is 135 Å². The standard InChI is InChI=1S/C74H84N10O15/c1-44(2)66(80-64(87)39-77-63(86)38-76-62(85)23-24-65(88)81-40-49-15-8-7-13-47(49)19-20-48-14-9-10-16-55(48)81)68(90)78-45(3)67(89)79-50-21-17-46(18-22-50)41-99-72(94)84-56-34-61(59(96-5)32-53(56)70(92)83-43-74(27-28-74)36-57(83)71(84)93)98-30-12-6-11-29-97-60-33-54-52(31-58(60)95-4)69(91)82-42-73(25-26-73)35-51(82)37-75-54/h7-10,13-18,21-22,31-34,44-45,51,57,66,71,75,93H,6,11-12,23-30,35-43H2,1-5H3,(H,76,85)(H,77,86)(H,78,90)(H,79,89)(H,80,87)/t45-,51-,57-,66-,71-/m0/s1. The van der Waals surface area contributed by atoms with E-state index in [1.165, 1.54) is 39.0 Å². The Morgan fingerprint density at radius 1 is 0.657 bits per heavy atom. The molecule has 2 saturated heterocycles. The smallest absolute Gasteiger partial charge is 0.416 e. The minimum atomic E-state index is -1.47. The van der Waals surface area contributed by atoms with Gasteiger partial charge >= 0.3 is 6.09 Å². The number of carbonyl (C=O) groups is 9. The largest absolute Gasteiger partial charge is 0.493 e. The van der Waals surface area contributed by atoms with Crippen LogP contribution < -0.4 is 60.6 Å². The highest BCUT2D eigenvalue weighted by Crippen LogP contribution is 2.58. The maximum Gasteiger partial charge on any atom is 0.416 e. The number of nitrogens with one attached hydrogen (secondary N) is 6. The molecule has 99 heavy (non-hydrogen) atoms. The Balaban J connectivity index is 0.589. The zero-order chi connectivity index (χ0) is 69.7. The van der Waals surface area contributed by atoms with Gasteiger partial charge in [0.25, 0.3) is 11.8 Å². The molecule has 5 aromatic rings. The van der Waals surface area contributed by atoms with E-state index in [2.05, 4.69) is 43.7 Å². The van der Waals surface area contributed by atoms with Gasteiger partial charge in [-0.05, 0) is 135 Å². The zero-order valence-corrected chi connectivity index (χ0v) is 56.3. The van der Waals surface area contributed by atoms with E-state index in [1.807, 2.05) is 53.4 Å². The molecule has 5 heterocycles. The zero-order valence-electron chi connectivity index (χ0n) is 56.3. The van der Waals surface area contributed by atoms with Crippen LogP contribution in [0.2, 0.25) is 0 Å². The first-order chi connectivity index (χ1) is 47.7. The molecule has 520 valence electrons. The summed E-state index contributed by atoms with van der Waals surface area (Å²) >= 11 is 0. The average Bonchev–Trinajstić information content (AvgIpc) is 1.58. The van der Waals surface area contributed by atoms with E-state index < -0.39 is 79.0 Å². The van der Waals surface area contributed by atoms with Gasteiger partial charge in [-0.25, -0.2) is 9.69 Å². The van der Waals surface area contributed by atoms with Gasteiger partial charge in [-0.3, -0.25) is 38.4 Å². The van der Waals surface area contributed by atoms with Crippen molar-refractivity contribution in [3.8, 4) is 34.8 Å². The summed E-state index contributed by atoms with van der Waals surface area (Å²) in [6.07, 6.45) is 4.99. The molecule has 7 N–H and O–H groups in total. The van der Waals surface area contributed by atoms with Gasteiger partial charge in [0.05, 0.1) is 81.3 Å². The molecule has 2 saturated carbocycles. The molecule has 12 rings (SSSR count). The molecule has 0 unspecified atom stereocenters. The quantitative estimate of drug-likeness (QED) is 0.0234. The van der Waals surface area contributed by atoms with E-state index >= 15 is 0 Å². The maximum absolute atomic E-state index is 14.4. The van der Waals surface area contributed by atoms with E-state index in [0.29, 0.717) is 83.9 Å². The molecule has 9 amide bonds. The predicted octanol–water partition coefficient (Wildman–Crippen LogP) is 6.77. The van der Waals surface area contributed by atoms with Crippen molar-refractivity contribution in [2.24, 2.45) is 16.7 Å². The second-order valence-electron chi connectivity index (χ2n) is 27.2. The molecule has 25 heteroatoms. The minimum Gasteiger partial charge on any atom is -0.493 e. The number of hydrogen-bond acceptors (Lipinski definition) is 16. The van der Waals surface area contributed by atoms with E-state index in [9.17, 15) is 48.3 Å². The number of methoxy groups -OCH3 is 2. The van der Waals surface area contributed by atoms with Crippen LogP contribution in [-0.2, 0) is 46.7 Å². The van der Waals surface area contributed by atoms with Gasteiger partial charge in [-0.2, -0.15) is 0 Å². The number of carbonyl (C=O) groups excluding carboxylic acids is 9. The fraction of sp³-hybridized carbons (Fsp3) is 0.446. The lowest BCUT2D eigenvalue weighted by Gasteiger charge is -2.31. The van der Waals surface area contributed by atoms with Crippen molar-refractivity contribution < 1.29 is 71.9 Å². The highest BCUT2D eigenvalue weighted by atomic mass is 16.6. The predicted molar refractivity (Wildman–Crippen MR) is 365 cm³/mol. The monoisotopic (exact) mass is 1350 g/mol. The molecular formula is C74H84N10O15. The number of nitrogens with zero attached hydrogens (tertiary/aromatic N) is 4. The molecule has 5 atom stereocenters. The number of amides is 9. The number of para-hydroxylation sites is 1. The average molecular weight is 1350 g/mol. The van der Waals surface area contributed by atoms with Crippen molar-refractivity contribution in [1.82, 2.24) is 31.1 Å². The summed E-state index contributed by atoms with van der Waals surface area (Å²) < 4.78 is 29.8. The van der Waals surface area contributed by atoms with Gasteiger partial charge in [0, 0.05) is 67.5 Å². The second-order valence-corrected chi connectivity index (χ2v) is 27.2. The number of anilines is 4. The third-order valence-electron chi connectivity index (χ3n) is 19.8. The maximum atomic E-state index is 14.4. The Morgan fingerprint density at radius 3 is 1.99 bits per heavy atom. The topological polar surface area (TPSA) is 305 Å². The van der Waals surface area contributed by atoms with Crippen molar-refractivity contribution in [3.05, 3.63) is 130 Å². The molecule has 5 aromatic carbocycles. The molecule has 5 aliphatic heterocycles. The minimum absolute atomic E-state index is 0.0190. The summed E-state index contributed by atoms with van der Waals surface area (Å²) in [5, 5.41) is 28.5. The highest BCUT2D eigenvalue weighted by Gasteiger charge is 2.58. The first kappa shape index (κ1) is 68.6. The molecule has 2 spiro atoms. The van der Waals surface area contributed by atoms with Gasteiger partial charge in [-0.15, -0.1) is 0 Å². The van der Waals surface area contributed by atoms with E-state index in [1.54, 1.807) is 67.2 Å². The Bertz CT molecular complexity index is 4050. The van der Waals surface area contributed by atoms with Crippen LogP contribution in [0, 0.1) is 28.6 Å². The van der Waals surface area contributed by atoms with Gasteiger partial charge in [0.1, 0.15) is 18.7 Å². The highest BCUT2D eigenvalue weighted by molar-refractivity contribution is 6.06. The normalized spacial score (nSPS) is 19.0. The molecule has 25 nitrogen and oxygen atoms in total. The molecule has 0 radical (unpaired) electrons. The van der Waals surface area contributed by atoms with Crippen molar-refractivity contribution in [3.63, 3.8) is 0 Å². The third-order valence-corrected chi connectivity index (χ3v) is 19.8. The second kappa shape index (κ2) is 29.4. The number of hydrogen-bond donors (Lipinski definition) is 7. The summed E-state index contributed by atoms with van der Waals surface area (Å²) in [6.45, 7) is 6.45. The van der Waals surface area contributed by atoms with E-state index in [4.69, 9.17) is 23.7 Å². The lowest BCUT2D eigenvalue weighted by molar-refractivity contribution is -0.132. The first-order valence-corrected chi connectivity index (χ1v) is 33.9. The Hall–Kier alpha value is -10.4. The van der Waals surface area contributed by atoms with Crippen LogP contribution in [0.15, 0.2) is 97.1 Å². The Morgan fingerprint density at radius 2 is 1.28 bits per heavy atom. The van der Waals surface area contributed by atoms with Crippen LogP contribution >= 0.6 is 0 Å². The summed E-state index contributed by atoms with van der Waals surface area (Å²) in [5.41, 5.74) is 5.58. The van der Waals surface area contributed by atoms with Gasteiger partial charge in [0.2, 0.25) is 35.4 Å². The number of aliphatic hydroxyl groups is 1. The Kier molecular flexibility index (Phi) is 20.4. The summed E-state index contributed by atoms with van der Waals surface area (Å²) in [7, 11) is 3.03. The van der Waals surface area contributed by atoms with E-state index in [0.717, 1.165) is 53.9 Å². The van der Waals surface area contributed by atoms with Crippen LogP contribution in [0.5, 0.6) is 23.0 Å². The van der Waals surface area contributed by atoms with Crippen molar-refractivity contribution in [1.29, 1.82) is 0 Å². The lowest BCUT2D eigenvalue weighted by Crippen LogP contribution is -2.55. The lowest BCUT2D eigenvalue weighted by atomic mass is 10.0. The number of ether oxygens (including phenoxy) is 5. The van der Waals surface area contributed by atoms with Crippen LogP contribution in [0.1, 0.15) is 134 Å². The molecule has 4 fully saturated rings. The molecule has 0 aromatic heterocycles. The first-order valence-electron chi connectivity index (χ1n) is 33.9. The number of fused-ring (bicyclic) bond motifs is 6. The van der Waals surface area contributed by atoms with Crippen LogP contribution in [0.3, 0.4) is 0 Å². The van der Waals surface area contributed by atoms with Crippen LogP contribution in [0.25, 0.3) is 0 Å². The third kappa shape index (κ3) is 15.5. The van der Waals surface area contributed by atoms with Crippen LogP contribution in [0.4, 0.5) is 27.5 Å². The van der Waals surface area contributed by atoms with Gasteiger partial charge in [-0.1, -0.05) is 68.2 Å². The fourth-order valence-electron chi connectivity index (χ4n) is 13.7. The van der Waals surface area contributed by atoms with Crippen molar-refractivity contribution in [2.75, 3.05) is 80.6 Å². The fourth-order valence-corrected chi connectivity index (χ4v) is 13.7. The molecule has 2 aliphatic carbocycles. The number of unbranched alkanes of at least 4 members (excludes halogenated alkanes) is 2.